The summed E-state index contributed by atoms with van der Waals surface area (Å²) in [5.74, 6) is 0.686. The molecule has 2 heterocycles. The number of esters is 2. The number of phenols is 1. The SMILES string of the molecule is COC(=O)c1c(C)cccc1OC.COC(=O)c1c(CBr)cccc1OC.COc1cccc(C)c1C.COc1cccc(C)c1C(=O)O.COc1cccc(C)c1C=O.COc1cccc2c1C(=O)N(c1ccc(Cl)c(C(F)(F)F)c1)C2.NBr.Nc1c[c-]c(Cl)cc1.O=C1c2c(O)cccc2CN1c1ccc(Cl)c(C(F)(F)F)c1.[Cf].[Cf].[Cf]. The Morgan fingerprint density at radius 1 is 0.500 bits per heavy atom. The van der Waals surface area contributed by atoms with Crippen LogP contribution in [0.5, 0.6) is 40.2 Å². The van der Waals surface area contributed by atoms with Gasteiger partial charge in [0, 0.05) is 32.9 Å². The monoisotopic (exact) mass is 2530 g/mol. The van der Waals surface area contributed by atoms with E-state index in [2.05, 4.69) is 72.3 Å². The third-order valence-electron chi connectivity index (χ3n) is 16.7. The largest absolute Gasteiger partial charge is 0.507 e. The van der Waals surface area contributed by atoms with Gasteiger partial charge in [0.15, 0.2) is 6.29 Å². The summed E-state index contributed by atoms with van der Waals surface area (Å²) in [5, 5.41) is 18.9. The fraction of sp³-hybridized carbons (Fsp3) is 0.214. The molecule has 0 spiro atoms. The molecule has 2 aliphatic rings. The van der Waals surface area contributed by atoms with Crippen LogP contribution in [0.2, 0.25) is 15.1 Å². The summed E-state index contributed by atoms with van der Waals surface area (Å²) in [6, 6.07) is 51.8. The van der Waals surface area contributed by atoms with Crippen LogP contribution in [-0.2, 0) is 40.2 Å². The van der Waals surface area contributed by atoms with Crippen molar-refractivity contribution in [2.45, 2.75) is 65.4 Å². The number of amides is 2. The number of hydrogen-bond donors (Lipinski definition) is 4. The smallest absolute Gasteiger partial charge is 0.417 e. The molecule has 2 aliphatic heterocycles. The van der Waals surface area contributed by atoms with Gasteiger partial charge in [-0.3, -0.25) is 19.1 Å². The summed E-state index contributed by atoms with van der Waals surface area (Å²) in [4.78, 5) is 71.3. The number of methoxy groups -OCH3 is 8. The van der Waals surface area contributed by atoms with Crippen LogP contribution in [0.1, 0.15) is 118 Å². The first kappa shape index (κ1) is 102. The number of fused-ring (bicyclic) bond motifs is 2. The van der Waals surface area contributed by atoms with E-state index in [9.17, 15) is 60.2 Å². The normalized spacial score (nSPS) is 10.9. The fourth-order valence-electron chi connectivity index (χ4n) is 10.9. The molecule has 12 rings (SSSR count). The number of benzene rings is 10. The molecule has 0 unspecified atom stereocenters. The number of rotatable bonds is 13. The number of nitrogens with two attached hydrogens (primary N) is 2. The van der Waals surface area contributed by atoms with Crippen LogP contribution in [0.25, 0.3) is 0 Å². The second-order valence-electron chi connectivity index (χ2n) is 23.8. The number of aromatic hydroxyl groups is 1. The number of anilines is 3. The van der Waals surface area contributed by atoms with Crippen LogP contribution in [-0.4, -0.2) is 103 Å². The molecule has 0 aliphatic carbocycles. The molecule has 0 saturated heterocycles. The first-order chi connectivity index (χ1) is 54.5. The predicted molar refractivity (Wildman–Crippen MR) is 439 cm³/mol. The van der Waals surface area contributed by atoms with E-state index in [1.165, 1.54) is 81.8 Å². The zero-order valence-electron chi connectivity index (χ0n) is 65.3. The van der Waals surface area contributed by atoms with Gasteiger partial charge >= 0.3 is 30.3 Å². The number of nitrogen functional groups attached to an aromatic ring is 1. The van der Waals surface area contributed by atoms with Crippen molar-refractivity contribution in [3.63, 3.8) is 0 Å². The second-order valence-corrected chi connectivity index (χ2v) is 25.6. The maximum Gasteiger partial charge on any atom is 0.417 e. The van der Waals surface area contributed by atoms with Crippen LogP contribution in [0.4, 0.5) is 43.4 Å². The number of aryl methyl sites for hydroxylation is 4. The van der Waals surface area contributed by atoms with Gasteiger partial charge in [0.2, 0.25) is 0 Å². The molecule has 118 heavy (non-hydrogen) atoms. The van der Waals surface area contributed by atoms with Crippen LogP contribution in [0.15, 0.2) is 182 Å². The summed E-state index contributed by atoms with van der Waals surface area (Å²) in [5.41, 5.74) is 13.8. The predicted octanol–water partition coefficient (Wildman–Crippen LogP) is 20.7. The Morgan fingerprint density at radius 3 is 1.27 bits per heavy atom. The number of carboxylic acids is 1. The quantitative estimate of drug-likeness (QED) is 0.0159. The molecule has 0 bridgehead atoms. The Morgan fingerprint density at radius 2 is 0.881 bits per heavy atom. The molecule has 6 N–H and O–H groups in total. The summed E-state index contributed by atoms with van der Waals surface area (Å²) in [7, 11) is 11.9. The zero-order chi connectivity index (χ0) is 86.2. The minimum absolute atomic E-state index is 0. The van der Waals surface area contributed by atoms with E-state index in [4.69, 9.17) is 74.1 Å². The average molecular weight is 2540 g/mol. The van der Waals surface area contributed by atoms with E-state index in [0.717, 1.165) is 53.0 Å². The van der Waals surface area contributed by atoms with Gasteiger partial charge in [0.1, 0.15) is 56.9 Å². The van der Waals surface area contributed by atoms with E-state index < -0.39 is 51.3 Å². The number of ether oxygens (including phenoxy) is 8. The first-order valence-electron chi connectivity index (χ1n) is 33.6. The number of carbonyl (C=O) groups excluding carboxylic acids is 5. The number of aromatic carboxylic acids is 1. The fourth-order valence-corrected chi connectivity index (χ4v) is 11.9. The van der Waals surface area contributed by atoms with Crippen LogP contribution >= 0.6 is 66.9 Å². The molecule has 20 nitrogen and oxygen atoms in total. The van der Waals surface area contributed by atoms with Crippen LogP contribution in [0.3, 0.4) is 0 Å². The number of hydrogen-bond acceptors (Lipinski definition) is 17. The van der Waals surface area contributed by atoms with E-state index >= 15 is 0 Å². The molecule has 10 aromatic rings. The number of nitrogens with zero attached hydrogens (tertiary/aromatic N) is 2. The number of aldehydes is 1. The molecule has 0 fully saturated rings. The van der Waals surface area contributed by atoms with Gasteiger partial charge in [-0.05, 0) is 158 Å². The van der Waals surface area contributed by atoms with Gasteiger partial charge in [-0.2, -0.15) is 44.5 Å². The molecule has 0 radical (unpaired) electrons. The molecule has 0 atom stereocenters. The maximum atomic E-state index is 13.0. The Hall–Kier alpha value is -14.0. The molecule has 642 valence electrons. The molecular formula is C84H82Br2Cf3Cl3F6N4O16-. The minimum atomic E-state index is -4.61. The third-order valence-corrected chi connectivity index (χ3v) is 18.2. The summed E-state index contributed by atoms with van der Waals surface area (Å²) in [6.45, 7) is 9.89. The van der Waals surface area contributed by atoms with Crippen molar-refractivity contribution in [2.75, 3.05) is 72.4 Å². The Balaban J connectivity index is 0.000000685. The second kappa shape index (κ2) is 48.3. The van der Waals surface area contributed by atoms with Gasteiger partial charge in [0.05, 0.1) is 108 Å². The number of halogens is 11. The van der Waals surface area contributed by atoms with Crippen molar-refractivity contribution >= 4 is 120 Å². The molecule has 0 aromatic heterocycles. The van der Waals surface area contributed by atoms with Crippen molar-refractivity contribution in [1.29, 1.82) is 0 Å². The summed E-state index contributed by atoms with van der Waals surface area (Å²) >= 11 is 22.4. The Labute approximate surface area is 693 Å². The summed E-state index contributed by atoms with van der Waals surface area (Å²) in [6.07, 6.45) is -8.38. The standard InChI is InChI=1S/C16H11ClF3NO2.C15H9ClF3NO2.C10H11BrO3.C10H12O3.C9H10O3.C9H10O2.C9H12O.C6H5ClN.BrH2N.3Cf/c1-23-13-4-2-3-9-8-21(15(22)14(9)13)10-5-6-12(17)11(7-10)16(18,19)20;16-11-5-4-9(6-10(11)15(17,18)19)20-7-8-2-1-3-12(21)13(8)14(20)22;1-13-8-5-3-4-7(6-11)9(8)10(12)14-2;1-7-5-4-6-8(12-2)9(7)10(11)13-3;1-6-4-3-5-7(12-2)8(6)9(10)11;1-7-4-3-5-9(11-2)8(7)6-10;1-7-5-4-6-9(10-3)8(7)2;7-5-1-3-6(8)4-2-5;1-2;;;/h2-7H,8H2,1H3;1-6,21H,7H2;3-5H,6H2,1-2H3;4-6H,1-3H3;3-5H,1-2H3,(H,10,11);3-6H,1-2H3;4-6H,1-3H3;1,3-4H,8H2;2H2;;;/q;;;;;;;-1;;;;. The minimum Gasteiger partial charge on any atom is -0.507 e. The van der Waals surface area contributed by atoms with E-state index in [1.807, 2.05) is 62.4 Å². The number of phenolic OH excluding ortho intramolecular Hbond substituents is 1. The van der Waals surface area contributed by atoms with Gasteiger partial charge < -0.3 is 63.6 Å². The van der Waals surface area contributed by atoms with E-state index in [1.54, 1.807) is 106 Å². The molecule has 10 aromatic carbocycles. The maximum absolute atomic E-state index is 13.0. The average Bonchev–Trinajstić information content (AvgIpc) is 1.62. The zero-order valence-corrected chi connectivity index (χ0v) is 78.6. The van der Waals surface area contributed by atoms with E-state index in [0.29, 0.717) is 83.7 Å². The Kier molecular flexibility index (Phi) is 41.7. The van der Waals surface area contributed by atoms with Crippen molar-refractivity contribution in [1.82, 2.24) is 0 Å². The van der Waals surface area contributed by atoms with Crippen molar-refractivity contribution in [3.05, 3.63) is 292 Å². The number of carbonyl (C=O) groups is 6. The molecule has 0 saturated carbocycles. The number of carboxylic acid groups (broad SMARTS) is 1. The first-order valence-corrected chi connectivity index (χ1v) is 36.8. The van der Waals surface area contributed by atoms with Crippen LogP contribution in [0, 0.1) is 40.7 Å². The van der Waals surface area contributed by atoms with Gasteiger partial charge in [-0.15, -0.1) is 17.7 Å². The molecule has 34 heteroatoms. The van der Waals surface area contributed by atoms with Crippen molar-refractivity contribution in [2.24, 2.45) is 4.76 Å². The van der Waals surface area contributed by atoms with Gasteiger partial charge in [0.25, 0.3) is 11.8 Å². The molecule has 2 amide bonds. The topological polar surface area (TPSA) is 275 Å². The van der Waals surface area contributed by atoms with E-state index in [-0.39, 0.29) is 53.3 Å². The van der Waals surface area contributed by atoms with Crippen LogP contribution < -0.4 is 48.7 Å². The molecular weight excluding hydrogens is 2450 g/mol. The Bertz CT molecular complexity index is 4960. The van der Waals surface area contributed by atoms with Crippen molar-refractivity contribution < 1.29 is 103 Å². The number of alkyl halides is 7. The van der Waals surface area contributed by atoms with Gasteiger partial charge in [-0.1, -0.05) is 135 Å². The van der Waals surface area contributed by atoms with Crippen molar-refractivity contribution in [3.8, 4) is 40.2 Å². The summed E-state index contributed by atoms with van der Waals surface area (Å²) < 4.78 is 122. The van der Waals surface area contributed by atoms with Gasteiger partial charge in [-0.25, -0.2) is 14.4 Å². The third kappa shape index (κ3) is 27.1.